The van der Waals surface area contributed by atoms with Crippen LogP contribution in [-0.2, 0) is 0 Å². The van der Waals surface area contributed by atoms with Crippen LogP contribution in [0.3, 0.4) is 0 Å². The van der Waals surface area contributed by atoms with E-state index in [0.29, 0.717) is 5.56 Å². The van der Waals surface area contributed by atoms with Crippen molar-refractivity contribution >= 4 is 16.8 Å². The van der Waals surface area contributed by atoms with Gasteiger partial charge in [0.15, 0.2) is 0 Å². The van der Waals surface area contributed by atoms with Gasteiger partial charge in [-0.05, 0) is 19.1 Å². The van der Waals surface area contributed by atoms with E-state index in [4.69, 9.17) is 0 Å². The van der Waals surface area contributed by atoms with Crippen LogP contribution in [0, 0.1) is 6.92 Å². The molecule has 1 heterocycles. The Hall–Kier alpha value is -1.90. The zero-order valence-electron chi connectivity index (χ0n) is 8.74. The number of hydrogen-bond acceptors (Lipinski definition) is 2. The highest BCUT2D eigenvalue weighted by Crippen LogP contribution is 2.15. The Morgan fingerprint density at radius 3 is 2.80 bits per heavy atom. The summed E-state index contributed by atoms with van der Waals surface area (Å²) < 4.78 is 0. The van der Waals surface area contributed by atoms with Gasteiger partial charge < -0.3 is 5.32 Å². The SMILES string of the molecule is CNC(=O)c1cc2ccccc2nc1C. The fraction of sp³-hybridized carbons (Fsp3) is 0.167. The quantitative estimate of drug-likeness (QED) is 0.764. The van der Waals surface area contributed by atoms with Crippen LogP contribution in [0.25, 0.3) is 10.9 Å². The molecule has 0 aliphatic heterocycles. The number of para-hydroxylation sites is 1. The molecule has 1 aromatic carbocycles. The maximum absolute atomic E-state index is 11.5. The molecule has 1 N–H and O–H groups in total. The van der Waals surface area contributed by atoms with E-state index in [9.17, 15) is 4.79 Å². The molecule has 1 amide bonds. The molecule has 1 aromatic heterocycles. The van der Waals surface area contributed by atoms with Crippen LogP contribution in [0.5, 0.6) is 0 Å². The van der Waals surface area contributed by atoms with Crippen LogP contribution in [0.2, 0.25) is 0 Å². The van der Waals surface area contributed by atoms with Crippen LogP contribution < -0.4 is 5.32 Å². The zero-order chi connectivity index (χ0) is 10.8. The van der Waals surface area contributed by atoms with E-state index in [1.54, 1.807) is 7.05 Å². The standard InChI is InChI=1S/C12H12N2O/c1-8-10(12(15)13-2)7-9-5-3-4-6-11(9)14-8/h3-7H,1-2H3,(H,13,15). The van der Waals surface area contributed by atoms with E-state index >= 15 is 0 Å². The van der Waals surface area contributed by atoms with E-state index < -0.39 is 0 Å². The van der Waals surface area contributed by atoms with Crippen molar-refractivity contribution in [1.82, 2.24) is 10.3 Å². The van der Waals surface area contributed by atoms with Crippen molar-refractivity contribution in [3.8, 4) is 0 Å². The average molecular weight is 200 g/mol. The summed E-state index contributed by atoms with van der Waals surface area (Å²) in [5.41, 5.74) is 2.31. The first kappa shape index (κ1) is 9.65. The lowest BCUT2D eigenvalue weighted by Gasteiger charge is -2.05. The van der Waals surface area contributed by atoms with Gasteiger partial charge in [0.25, 0.3) is 5.91 Å². The third kappa shape index (κ3) is 1.68. The number of nitrogens with zero attached hydrogens (tertiary/aromatic N) is 1. The highest BCUT2D eigenvalue weighted by Gasteiger charge is 2.09. The first-order chi connectivity index (χ1) is 7.22. The molecule has 0 spiro atoms. The van der Waals surface area contributed by atoms with Gasteiger partial charge in [-0.3, -0.25) is 9.78 Å². The lowest BCUT2D eigenvalue weighted by Crippen LogP contribution is -2.19. The first-order valence-electron chi connectivity index (χ1n) is 4.81. The summed E-state index contributed by atoms with van der Waals surface area (Å²) in [4.78, 5) is 15.9. The second-order valence-corrected chi connectivity index (χ2v) is 3.39. The molecule has 0 fully saturated rings. The van der Waals surface area contributed by atoms with Gasteiger partial charge in [0.2, 0.25) is 0 Å². The van der Waals surface area contributed by atoms with E-state index in [1.807, 2.05) is 37.3 Å². The summed E-state index contributed by atoms with van der Waals surface area (Å²) in [6.45, 7) is 1.84. The van der Waals surface area contributed by atoms with Gasteiger partial charge in [-0.2, -0.15) is 0 Å². The molecule has 0 saturated carbocycles. The van der Waals surface area contributed by atoms with E-state index in [-0.39, 0.29) is 5.91 Å². The number of amides is 1. The fourth-order valence-corrected chi connectivity index (χ4v) is 1.58. The molecule has 2 aromatic rings. The topological polar surface area (TPSA) is 42.0 Å². The Kier molecular flexibility index (Phi) is 2.37. The Bertz CT molecular complexity index is 520. The molecule has 0 radical (unpaired) electrons. The number of nitrogens with one attached hydrogen (secondary N) is 1. The normalized spacial score (nSPS) is 10.3. The van der Waals surface area contributed by atoms with Crippen LogP contribution in [0.15, 0.2) is 30.3 Å². The minimum absolute atomic E-state index is 0.0919. The molecule has 76 valence electrons. The average Bonchev–Trinajstić information content (AvgIpc) is 2.27. The van der Waals surface area contributed by atoms with E-state index in [0.717, 1.165) is 16.6 Å². The molecule has 3 nitrogen and oxygen atoms in total. The van der Waals surface area contributed by atoms with Gasteiger partial charge >= 0.3 is 0 Å². The molecule has 0 atom stereocenters. The highest BCUT2D eigenvalue weighted by atomic mass is 16.1. The maximum Gasteiger partial charge on any atom is 0.252 e. The molecule has 0 bridgehead atoms. The van der Waals surface area contributed by atoms with Crippen LogP contribution in [-0.4, -0.2) is 17.9 Å². The second kappa shape index (κ2) is 3.69. The first-order valence-corrected chi connectivity index (χ1v) is 4.81. The predicted molar refractivity (Wildman–Crippen MR) is 59.9 cm³/mol. The number of benzene rings is 1. The lowest BCUT2D eigenvalue weighted by atomic mass is 10.1. The van der Waals surface area contributed by atoms with Gasteiger partial charge in [-0.25, -0.2) is 0 Å². The van der Waals surface area contributed by atoms with Crippen LogP contribution >= 0.6 is 0 Å². The summed E-state index contributed by atoms with van der Waals surface area (Å²) in [5, 5.41) is 3.60. The molecule has 3 heteroatoms. The molecule has 2 rings (SSSR count). The summed E-state index contributed by atoms with van der Waals surface area (Å²) in [7, 11) is 1.62. The second-order valence-electron chi connectivity index (χ2n) is 3.39. The van der Waals surface area contributed by atoms with Crippen molar-refractivity contribution in [2.45, 2.75) is 6.92 Å². The van der Waals surface area contributed by atoms with Gasteiger partial charge in [0.05, 0.1) is 16.8 Å². The van der Waals surface area contributed by atoms with Crippen molar-refractivity contribution < 1.29 is 4.79 Å². The molecule has 0 aliphatic rings. The Morgan fingerprint density at radius 1 is 1.33 bits per heavy atom. The number of carbonyl (C=O) groups is 1. The lowest BCUT2D eigenvalue weighted by molar-refractivity contribution is 0.0962. The number of fused-ring (bicyclic) bond motifs is 1. The summed E-state index contributed by atoms with van der Waals surface area (Å²) in [6.07, 6.45) is 0. The Balaban J connectivity index is 2.67. The number of aromatic nitrogens is 1. The summed E-state index contributed by atoms with van der Waals surface area (Å²) >= 11 is 0. The maximum atomic E-state index is 11.5. The molecule has 15 heavy (non-hydrogen) atoms. The monoisotopic (exact) mass is 200 g/mol. The number of hydrogen-bond donors (Lipinski definition) is 1. The summed E-state index contributed by atoms with van der Waals surface area (Å²) in [6, 6.07) is 9.64. The minimum Gasteiger partial charge on any atom is -0.355 e. The van der Waals surface area contributed by atoms with Crippen LogP contribution in [0.1, 0.15) is 16.1 Å². The molecular formula is C12H12N2O. The fourth-order valence-electron chi connectivity index (χ4n) is 1.58. The third-order valence-corrected chi connectivity index (χ3v) is 2.39. The van der Waals surface area contributed by atoms with Crippen molar-refractivity contribution in [1.29, 1.82) is 0 Å². The van der Waals surface area contributed by atoms with E-state index in [2.05, 4.69) is 10.3 Å². The van der Waals surface area contributed by atoms with E-state index in [1.165, 1.54) is 0 Å². The molecule has 0 aliphatic carbocycles. The third-order valence-electron chi connectivity index (χ3n) is 2.39. The predicted octanol–water partition coefficient (Wildman–Crippen LogP) is 1.90. The Labute approximate surface area is 88.1 Å². The number of carbonyl (C=O) groups excluding carboxylic acids is 1. The smallest absolute Gasteiger partial charge is 0.252 e. The summed E-state index contributed by atoms with van der Waals surface area (Å²) in [5.74, 6) is -0.0919. The van der Waals surface area contributed by atoms with Gasteiger partial charge in [0.1, 0.15) is 0 Å². The van der Waals surface area contributed by atoms with Gasteiger partial charge in [-0.1, -0.05) is 18.2 Å². The molecule has 0 saturated heterocycles. The highest BCUT2D eigenvalue weighted by molar-refractivity contribution is 5.98. The number of pyridine rings is 1. The van der Waals surface area contributed by atoms with Gasteiger partial charge in [0, 0.05) is 12.4 Å². The number of aryl methyl sites for hydroxylation is 1. The van der Waals surface area contributed by atoms with Crippen LogP contribution in [0.4, 0.5) is 0 Å². The Morgan fingerprint density at radius 2 is 2.07 bits per heavy atom. The zero-order valence-corrected chi connectivity index (χ0v) is 8.74. The van der Waals surface area contributed by atoms with Crippen molar-refractivity contribution in [2.24, 2.45) is 0 Å². The largest absolute Gasteiger partial charge is 0.355 e. The van der Waals surface area contributed by atoms with Gasteiger partial charge in [-0.15, -0.1) is 0 Å². The minimum atomic E-state index is -0.0919. The van der Waals surface area contributed by atoms with Crippen molar-refractivity contribution in [3.05, 3.63) is 41.6 Å². The molecular weight excluding hydrogens is 188 g/mol. The molecule has 0 unspecified atom stereocenters. The number of rotatable bonds is 1. The van der Waals surface area contributed by atoms with Crippen molar-refractivity contribution in [3.63, 3.8) is 0 Å². The van der Waals surface area contributed by atoms with Crippen molar-refractivity contribution in [2.75, 3.05) is 7.05 Å².